The van der Waals surface area contributed by atoms with Gasteiger partial charge in [0.25, 0.3) is 0 Å². The smallest absolute Gasteiger partial charge is 0.196 e. The number of hydrogen-bond donors (Lipinski definition) is 0. The molecule has 1 aromatic carbocycles. The van der Waals surface area contributed by atoms with Gasteiger partial charge in [0.1, 0.15) is 0 Å². The SMILES string of the molecule is O=C(c1ccccc1)c1cnn2ccccc12. The van der Waals surface area contributed by atoms with E-state index in [-0.39, 0.29) is 5.78 Å². The van der Waals surface area contributed by atoms with Crippen LogP contribution in [0.2, 0.25) is 0 Å². The van der Waals surface area contributed by atoms with Gasteiger partial charge in [0.05, 0.1) is 17.3 Å². The number of benzene rings is 1. The summed E-state index contributed by atoms with van der Waals surface area (Å²) in [5.74, 6) is 0.00630. The van der Waals surface area contributed by atoms with Crippen LogP contribution in [-0.2, 0) is 0 Å². The molecule has 3 nitrogen and oxygen atoms in total. The van der Waals surface area contributed by atoms with E-state index >= 15 is 0 Å². The van der Waals surface area contributed by atoms with E-state index in [0.29, 0.717) is 11.1 Å². The van der Waals surface area contributed by atoms with Crippen molar-refractivity contribution in [3.63, 3.8) is 0 Å². The first-order valence-electron chi connectivity index (χ1n) is 5.38. The third-order valence-corrected chi connectivity index (χ3v) is 2.71. The number of pyridine rings is 1. The van der Waals surface area contributed by atoms with Crippen molar-refractivity contribution < 1.29 is 4.79 Å². The van der Waals surface area contributed by atoms with E-state index in [1.807, 2.05) is 54.7 Å². The highest BCUT2D eigenvalue weighted by Gasteiger charge is 2.13. The number of rotatable bonds is 2. The summed E-state index contributed by atoms with van der Waals surface area (Å²) in [6, 6.07) is 14.9. The first-order valence-corrected chi connectivity index (χ1v) is 5.38. The maximum Gasteiger partial charge on any atom is 0.196 e. The number of carbonyl (C=O) groups is 1. The Morgan fingerprint density at radius 2 is 1.76 bits per heavy atom. The van der Waals surface area contributed by atoms with E-state index in [9.17, 15) is 4.79 Å². The Morgan fingerprint density at radius 1 is 1.00 bits per heavy atom. The van der Waals surface area contributed by atoms with Gasteiger partial charge in [-0.3, -0.25) is 4.79 Å². The number of carbonyl (C=O) groups excluding carboxylic acids is 1. The van der Waals surface area contributed by atoms with Crippen molar-refractivity contribution in [1.29, 1.82) is 0 Å². The third-order valence-electron chi connectivity index (χ3n) is 2.71. The molecule has 0 aliphatic heterocycles. The molecule has 0 saturated carbocycles. The van der Waals surface area contributed by atoms with Crippen LogP contribution in [0.3, 0.4) is 0 Å². The van der Waals surface area contributed by atoms with Crippen LogP contribution in [0.5, 0.6) is 0 Å². The Kier molecular flexibility index (Phi) is 2.22. The second kappa shape index (κ2) is 3.87. The van der Waals surface area contributed by atoms with Gasteiger partial charge in [-0.25, -0.2) is 4.52 Å². The topological polar surface area (TPSA) is 34.4 Å². The standard InChI is InChI=1S/C14H10N2O/c17-14(11-6-2-1-3-7-11)12-10-15-16-9-5-4-8-13(12)16/h1-10H. The highest BCUT2D eigenvalue weighted by molar-refractivity contribution is 6.12. The van der Waals surface area contributed by atoms with Gasteiger partial charge in [0, 0.05) is 11.8 Å². The van der Waals surface area contributed by atoms with Crippen LogP contribution in [-0.4, -0.2) is 15.4 Å². The summed E-state index contributed by atoms with van der Waals surface area (Å²) in [6.07, 6.45) is 3.45. The lowest BCUT2D eigenvalue weighted by Crippen LogP contribution is -2.00. The van der Waals surface area contributed by atoms with Gasteiger partial charge in [0.2, 0.25) is 0 Å². The third kappa shape index (κ3) is 1.61. The minimum atomic E-state index is 0.00630. The lowest BCUT2D eigenvalue weighted by molar-refractivity contribution is 0.104. The van der Waals surface area contributed by atoms with Gasteiger partial charge in [-0.05, 0) is 12.1 Å². The average molecular weight is 222 g/mol. The van der Waals surface area contributed by atoms with Gasteiger partial charge >= 0.3 is 0 Å². The maximum absolute atomic E-state index is 12.3. The average Bonchev–Trinajstić information content (AvgIpc) is 2.83. The molecule has 3 aromatic rings. The van der Waals surface area contributed by atoms with Crippen molar-refractivity contribution in [1.82, 2.24) is 9.61 Å². The highest BCUT2D eigenvalue weighted by atomic mass is 16.1. The second-order valence-corrected chi connectivity index (χ2v) is 3.78. The predicted molar refractivity (Wildman–Crippen MR) is 65.1 cm³/mol. The van der Waals surface area contributed by atoms with E-state index in [0.717, 1.165) is 5.52 Å². The van der Waals surface area contributed by atoms with Crippen LogP contribution >= 0.6 is 0 Å². The Morgan fingerprint density at radius 3 is 2.59 bits per heavy atom. The summed E-state index contributed by atoms with van der Waals surface area (Å²) in [5, 5.41) is 4.16. The van der Waals surface area contributed by atoms with Gasteiger partial charge in [-0.1, -0.05) is 36.4 Å². The van der Waals surface area contributed by atoms with Crippen LogP contribution in [0.4, 0.5) is 0 Å². The second-order valence-electron chi connectivity index (χ2n) is 3.78. The van der Waals surface area contributed by atoms with Crippen LogP contribution in [0, 0.1) is 0 Å². The number of nitrogens with zero attached hydrogens (tertiary/aromatic N) is 2. The number of fused-ring (bicyclic) bond motifs is 1. The molecule has 0 amide bonds. The molecule has 0 radical (unpaired) electrons. The summed E-state index contributed by atoms with van der Waals surface area (Å²) in [4.78, 5) is 12.3. The molecule has 0 N–H and O–H groups in total. The van der Waals surface area contributed by atoms with E-state index < -0.39 is 0 Å². The Labute approximate surface area is 98.3 Å². The van der Waals surface area contributed by atoms with Gasteiger partial charge in [-0.2, -0.15) is 5.10 Å². The molecule has 0 saturated heterocycles. The summed E-state index contributed by atoms with van der Waals surface area (Å²) < 4.78 is 1.70. The van der Waals surface area contributed by atoms with Crippen LogP contribution in [0.1, 0.15) is 15.9 Å². The molecule has 0 bridgehead atoms. The first-order chi connectivity index (χ1) is 8.36. The van der Waals surface area contributed by atoms with E-state index in [1.165, 1.54) is 0 Å². The molecule has 2 heterocycles. The fourth-order valence-electron chi connectivity index (χ4n) is 1.85. The molecule has 0 aliphatic rings. The molecule has 3 heteroatoms. The first kappa shape index (κ1) is 9.78. The fourth-order valence-corrected chi connectivity index (χ4v) is 1.85. The molecular weight excluding hydrogens is 212 g/mol. The monoisotopic (exact) mass is 222 g/mol. The Balaban J connectivity index is 2.14. The Bertz CT molecular complexity index is 671. The molecule has 0 aliphatic carbocycles. The van der Waals surface area contributed by atoms with Crippen molar-refractivity contribution in [3.05, 3.63) is 72.1 Å². The number of hydrogen-bond acceptors (Lipinski definition) is 2. The molecule has 17 heavy (non-hydrogen) atoms. The van der Waals surface area contributed by atoms with Crippen LogP contribution in [0.15, 0.2) is 60.9 Å². The van der Waals surface area contributed by atoms with Crippen molar-refractivity contribution in [2.75, 3.05) is 0 Å². The highest BCUT2D eigenvalue weighted by Crippen LogP contribution is 2.15. The van der Waals surface area contributed by atoms with Crippen molar-refractivity contribution in [3.8, 4) is 0 Å². The zero-order valence-electron chi connectivity index (χ0n) is 9.08. The quantitative estimate of drug-likeness (QED) is 0.624. The summed E-state index contributed by atoms with van der Waals surface area (Å²) in [6.45, 7) is 0. The summed E-state index contributed by atoms with van der Waals surface area (Å²) in [7, 11) is 0. The van der Waals surface area contributed by atoms with E-state index in [1.54, 1.807) is 10.7 Å². The largest absolute Gasteiger partial charge is 0.288 e. The zero-order chi connectivity index (χ0) is 11.7. The van der Waals surface area contributed by atoms with E-state index in [2.05, 4.69) is 5.10 Å². The van der Waals surface area contributed by atoms with Gasteiger partial charge in [-0.15, -0.1) is 0 Å². The molecule has 82 valence electrons. The molecule has 0 atom stereocenters. The zero-order valence-corrected chi connectivity index (χ0v) is 9.08. The number of ketones is 1. The van der Waals surface area contributed by atoms with Crippen molar-refractivity contribution in [2.45, 2.75) is 0 Å². The molecule has 3 rings (SSSR count). The molecule has 2 aromatic heterocycles. The minimum absolute atomic E-state index is 0.00630. The minimum Gasteiger partial charge on any atom is -0.288 e. The fraction of sp³-hybridized carbons (Fsp3) is 0. The maximum atomic E-state index is 12.3. The molecule has 0 fully saturated rings. The normalized spacial score (nSPS) is 10.6. The predicted octanol–water partition coefficient (Wildman–Crippen LogP) is 2.57. The molecular formula is C14H10N2O. The lowest BCUT2D eigenvalue weighted by atomic mass is 10.1. The van der Waals surface area contributed by atoms with Crippen molar-refractivity contribution >= 4 is 11.3 Å². The van der Waals surface area contributed by atoms with Gasteiger partial charge < -0.3 is 0 Å². The lowest BCUT2D eigenvalue weighted by Gasteiger charge is -1.98. The van der Waals surface area contributed by atoms with Crippen LogP contribution in [0.25, 0.3) is 5.52 Å². The van der Waals surface area contributed by atoms with Gasteiger partial charge in [0.15, 0.2) is 5.78 Å². The molecule has 0 unspecified atom stereocenters. The summed E-state index contributed by atoms with van der Waals surface area (Å²) in [5.41, 5.74) is 2.16. The number of aromatic nitrogens is 2. The van der Waals surface area contributed by atoms with Crippen molar-refractivity contribution in [2.24, 2.45) is 0 Å². The van der Waals surface area contributed by atoms with Crippen LogP contribution < -0.4 is 0 Å². The van der Waals surface area contributed by atoms with E-state index in [4.69, 9.17) is 0 Å². The summed E-state index contributed by atoms with van der Waals surface area (Å²) >= 11 is 0. The Hall–Kier alpha value is -2.42. The molecule has 0 spiro atoms.